The van der Waals surface area contributed by atoms with Crippen molar-refractivity contribution in [2.75, 3.05) is 31.6 Å². The van der Waals surface area contributed by atoms with Crippen LogP contribution in [0.2, 0.25) is 0 Å². The summed E-state index contributed by atoms with van der Waals surface area (Å²) in [4.78, 5) is 35.5. The maximum Gasteiger partial charge on any atom is 0.410 e. The highest BCUT2D eigenvalue weighted by molar-refractivity contribution is 5.94. The Labute approximate surface area is 210 Å². The maximum absolute atomic E-state index is 12.5. The Kier molecular flexibility index (Phi) is 7.23. The topological polar surface area (TPSA) is 111 Å². The number of esters is 1. The quantitative estimate of drug-likeness (QED) is 0.493. The van der Waals surface area contributed by atoms with Crippen LogP contribution in [0.4, 0.5) is 10.6 Å². The fraction of sp³-hybridized carbons (Fsp3) is 0.423. The normalized spacial score (nSPS) is 13.8. The Balaban J connectivity index is 1.50. The second-order valence-electron chi connectivity index (χ2n) is 9.79. The van der Waals surface area contributed by atoms with E-state index in [1.54, 1.807) is 22.7 Å². The number of rotatable bonds is 7. The molecule has 0 aliphatic carbocycles. The van der Waals surface area contributed by atoms with Crippen LogP contribution in [-0.2, 0) is 16.5 Å². The van der Waals surface area contributed by atoms with Crippen molar-refractivity contribution in [3.05, 3.63) is 48.4 Å². The molecule has 190 valence electrons. The summed E-state index contributed by atoms with van der Waals surface area (Å²) in [6.45, 7) is 9.23. The third-order valence-corrected chi connectivity index (χ3v) is 5.61. The molecule has 1 fully saturated rings. The van der Waals surface area contributed by atoms with Gasteiger partial charge >= 0.3 is 12.1 Å². The van der Waals surface area contributed by atoms with Gasteiger partial charge in [0.25, 0.3) is 0 Å². The van der Waals surface area contributed by atoms with Gasteiger partial charge in [-0.1, -0.05) is 18.2 Å². The Morgan fingerprint density at radius 3 is 2.56 bits per heavy atom. The number of anilines is 1. The first-order chi connectivity index (χ1) is 17.1. The number of nitrogens with zero attached hydrogens (tertiary/aromatic N) is 5. The van der Waals surface area contributed by atoms with Crippen molar-refractivity contribution in [1.29, 1.82) is 0 Å². The second-order valence-corrected chi connectivity index (χ2v) is 9.79. The standard InChI is InChI=1S/C26H32N6O4/c1-6-35-24(33)21-13-28-22(19-9-7-8-18(10-19)20-12-29-31(5)16-20)30-23(21)27-11-17-14-32(15-17)25(34)36-26(2,3)4/h7-10,12-13,16-17H,6,11,14-15H2,1-5H3,(H,27,28,30). The largest absolute Gasteiger partial charge is 0.462 e. The molecule has 0 saturated carbocycles. The average Bonchev–Trinajstić information content (AvgIpc) is 3.23. The zero-order valence-electron chi connectivity index (χ0n) is 21.3. The molecule has 10 heteroatoms. The summed E-state index contributed by atoms with van der Waals surface area (Å²) in [7, 11) is 1.87. The molecule has 3 aromatic rings. The van der Waals surface area contributed by atoms with E-state index in [0.29, 0.717) is 31.3 Å². The van der Waals surface area contributed by atoms with Crippen molar-refractivity contribution in [1.82, 2.24) is 24.6 Å². The minimum absolute atomic E-state index is 0.208. The number of ether oxygens (including phenoxy) is 2. The molecule has 0 atom stereocenters. The molecule has 1 aliphatic heterocycles. The first-order valence-corrected chi connectivity index (χ1v) is 12.0. The van der Waals surface area contributed by atoms with Gasteiger partial charge in [0, 0.05) is 56.1 Å². The van der Waals surface area contributed by atoms with Crippen LogP contribution in [0, 0.1) is 5.92 Å². The smallest absolute Gasteiger partial charge is 0.410 e. The van der Waals surface area contributed by atoms with Crippen LogP contribution in [-0.4, -0.2) is 68.6 Å². The molecule has 0 radical (unpaired) electrons. The minimum atomic E-state index is -0.527. The molecule has 0 spiro atoms. The van der Waals surface area contributed by atoms with Crippen molar-refractivity contribution >= 4 is 17.9 Å². The molecule has 1 aromatic carbocycles. The summed E-state index contributed by atoms with van der Waals surface area (Å²) in [5.74, 6) is 0.612. The van der Waals surface area contributed by atoms with Gasteiger partial charge in [-0.2, -0.15) is 5.10 Å². The Morgan fingerprint density at radius 2 is 1.89 bits per heavy atom. The summed E-state index contributed by atoms with van der Waals surface area (Å²) in [6, 6.07) is 7.85. The fourth-order valence-corrected chi connectivity index (χ4v) is 3.84. The molecule has 3 heterocycles. The molecule has 0 bridgehead atoms. The highest BCUT2D eigenvalue weighted by Crippen LogP contribution is 2.27. The van der Waals surface area contributed by atoms with Crippen molar-refractivity contribution in [3.8, 4) is 22.5 Å². The van der Waals surface area contributed by atoms with E-state index in [9.17, 15) is 9.59 Å². The van der Waals surface area contributed by atoms with Gasteiger partial charge in [0.05, 0.1) is 12.8 Å². The Hall–Kier alpha value is -3.95. The zero-order valence-corrected chi connectivity index (χ0v) is 21.3. The van der Waals surface area contributed by atoms with Crippen molar-refractivity contribution in [2.45, 2.75) is 33.3 Å². The van der Waals surface area contributed by atoms with Gasteiger partial charge in [-0.3, -0.25) is 4.68 Å². The zero-order chi connectivity index (χ0) is 25.9. The summed E-state index contributed by atoms with van der Waals surface area (Å²) in [6.07, 6.45) is 4.92. The number of aromatic nitrogens is 4. The van der Waals surface area contributed by atoms with E-state index in [-0.39, 0.29) is 24.2 Å². The van der Waals surface area contributed by atoms with Crippen LogP contribution < -0.4 is 5.32 Å². The number of nitrogens with one attached hydrogen (secondary N) is 1. The van der Waals surface area contributed by atoms with E-state index < -0.39 is 11.6 Å². The minimum Gasteiger partial charge on any atom is -0.462 e. The third kappa shape index (κ3) is 5.99. The van der Waals surface area contributed by atoms with Gasteiger partial charge in [0.1, 0.15) is 17.0 Å². The molecule has 1 saturated heterocycles. The van der Waals surface area contributed by atoms with Crippen LogP contribution in [0.3, 0.4) is 0 Å². The highest BCUT2D eigenvalue weighted by Gasteiger charge is 2.33. The van der Waals surface area contributed by atoms with Crippen LogP contribution in [0.5, 0.6) is 0 Å². The lowest BCUT2D eigenvalue weighted by molar-refractivity contribution is 0.000833. The summed E-state index contributed by atoms with van der Waals surface area (Å²) in [5, 5.41) is 7.52. The molecule has 4 rings (SSSR count). The van der Waals surface area contributed by atoms with E-state index in [2.05, 4.69) is 20.4 Å². The molecule has 1 amide bonds. The lowest BCUT2D eigenvalue weighted by Gasteiger charge is -2.39. The molecule has 1 aliphatic rings. The number of carbonyl (C=O) groups is 2. The lowest BCUT2D eigenvalue weighted by Crippen LogP contribution is -2.53. The Morgan fingerprint density at radius 1 is 1.14 bits per heavy atom. The molecule has 1 N–H and O–H groups in total. The van der Waals surface area contributed by atoms with E-state index in [1.807, 2.05) is 58.3 Å². The van der Waals surface area contributed by atoms with Gasteiger partial charge in [-0.15, -0.1) is 0 Å². The molecule has 10 nitrogen and oxygen atoms in total. The number of hydrogen-bond acceptors (Lipinski definition) is 8. The number of benzene rings is 1. The van der Waals surface area contributed by atoms with Gasteiger partial charge in [-0.25, -0.2) is 19.6 Å². The van der Waals surface area contributed by atoms with Gasteiger partial charge < -0.3 is 19.7 Å². The van der Waals surface area contributed by atoms with Gasteiger partial charge in [0.2, 0.25) is 0 Å². The first-order valence-electron chi connectivity index (χ1n) is 12.0. The van der Waals surface area contributed by atoms with Gasteiger partial charge in [-0.05, 0) is 39.3 Å². The van der Waals surface area contributed by atoms with Crippen LogP contribution >= 0.6 is 0 Å². The third-order valence-electron chi connectivity index (χ3n) is 5.61. The van der Waals surface area contributed by atoms with Crippen LogP contribution in [0.1, 0.15) is 38.1 Å². The lowest BCUT2D eigenvalue weighted by atomic mass is 10.0. The maximum atomic E-state index is 12.5. The number of aryl methyl sites for hydroxylation is 1. The SMILES string of the molecule is CCOC(=O)c1cnc(-c2cccc(-c3cnn(C)c3)c2)nc1NCC1CN(C(=O)OC(C)(C)C)C1. The second kappa shape index (κ2) is 10.3. The fourth-order valence-electron chi connectivity index (χ4n) is 3.84. The number of hydrogen-bond donors (Lipinski definition) is 1. The summed E-state index contributed by atoms with van der Waals surface area (Å²) < 4.78 is 12.4. The predicted molar refractivity (Wildman–Crippen MR) is 135 cm³/mol. The molecule has 36 heavy (non-hydrogen) atoms. The average molecular weight is 493 g/mol. The molecular formula is C26H32N6O4. The van der Waals surface area contributed by atoms with E-state index in [4.69, 9.17) is 9.47 Å². The number of amides is 1. The van der Waals surface area contributed by atoms with Crippen molar-refractivity contribution < 1.29 is 19.1 Å². The monoisotopic (exact) mass is 492 g/mol. The molecule has 0 unspecified atom stereocenters. The predicted octanol–water partition coefficient (Wildman–Crippen LogP) is 4.00. The van der Waals surface area contributed by atoms with E-state index >= 15 is 0 Å². The van der Waals surface area contributed by atoms with Crippen LogP contribution in [0.25, 0.3) is 22.5 Å². The highest BCUT2D eigenvalue weighted by atomic mass is 16.6. The summed E-state index contributed by atoms with van der Waals surface area (Å²) in [5.41, 5.74) is 2.54. The van der Waals surface area contributed by atoms with Crippen LogP contribution in [0.15, 0.2) is 42.9 Å². The van der Waals surface area contributed by atoms with E-state index in [1.165, 1.54) is 6.20 Å². The summed E-state index contributed by atoms with van der Waals surface area (Å²) >= 11 is 0. The Bertz CT molecular complexity index is 1240. The number of likely N-dealkylation sites (tertiary alicyclic amines) is 1. The van der Waals surface area contributed by atoms with Gasteiger partial charge in [0.15, 0.2) is 5.82 Å². The first kappa shape index (κ1) is 25.2. The van der Waals surface area contributed by atoms with E-state index in [0.717, 1.165) is 16.7 Å². The molecule has 2 aromatic heterocycles. The van der Waals surface area contributed by atoms with Crippen molar-refractivity contribution in [3.63, 3.8) is 0 Å². The van der Waals surface area contributed by atoms with Crippen molar-refractivity contribution in [2.24, 2.45) is 13.0 Å². The molecular weight excluding hydrogens is 460 g/mol. The number of carbonyl (C=O) groups excluding carboxylic acids is 2.